The summed E-state index contributed by atoms with van der Waals surface area (Å²) in [5, 5.41) is 0. The van der Waals surface area contributed by atoms with Crippen molar-refractivity contribution in [3.8, 4) is 0 Å². The fourth-order valence-corrected chi connectivity index (χ4v) is 10.2. The first-order valence-corrected chi connectivity index (χ1v) is 37.1. The Morgan fingerprint density at radius 1 is 0.337 bits per heavy atom. The highest BCUT2D eigenvalue weighted by atomic mass is 31.2. The lowest BCUT2D eigenvalue weighted by Gasteiger charge is -2.19. The van der Waals surface area contributed by atoms with Gasteiger partial charge in [-0.25, -0.2) is 4.57 Å². The van der Waals surface area contributed by atoms with Crippen molar-refractivity contribution in [2.24, 2.45) is 5.73 Å². The first kappa shape index (κ1) is 84.4. The average molecular weight is 1250 g/mol. The summed E-state index contributed by atoms with van der Waals surface area (Å²) >= 11 is 0. The zero-order valence-electron chi connectivity index (χ0n) is 56.6. The summed E-state index contributed by atoms with van der Waals surface area (Å²) in [6.45, 7) is 3.50. The van der Waals surface area contributed by atoms with Crippen molar-refractivity contribution >= 4 is 19.8 Å². The van der Waals surface area contributed by atoms with Crippen LogP contribution >= 0.6 is 7.82 Å². The van der Waals surface area contributed by atoms with E-state index in [1.54, 1.807) is 0 Å². The third kappa shape index (κ3) is 72.3. The van der Waals surface area contributed by atoms with E-state index in [1.807, 2.05) is 0 Å². The maximum absolute atomic E-state index is 12.8. The second kappa shape index (κ2) is 72.4. The van der Waals surface area contributed by atoms with Gasteiger partial charge in [0.15, 0.2) is 6.10 Å². The molecule has 0 aromatic heterocycles. The summed E-state index contributed by atoms with van der Waals surface area (Å²) in [5.74, 6) is -0.848. The van der Waals surface area contributed by atoms with Gasteiger partial charge in [0.05, 0.1) is 13.2 Å². The summed E-state index contributed by atoms with van der Waals surface area (Å²) in [5.41, 5.74) is 5.40. The number of esters is 2. The molecule has 2 unspecified atom stereocenters. The molecule has 89 heavy (non-hydrogen) atoms. The lowest BCUT2D eigenvalue weighted by molar-refractivity contribution is -0.161. The number of ether oxygens (including phenoxy) is 2. The number of hydrogen-bond donors (Lipinski definition) is 2. The van der Waals surface area contributed by atoms with Crippen molar-refractivity contribution in [2.75, 3.05) is 26.4 Å². The van der Waals surface area contributed by atoms with Crippen LogP contribution in [0, 0.1) is 0 Å². The van der Waals surface area contributed by atoms with Crippen molar-refractivity contribution in [1.82, 2.24) is 0 Å². The van der Waals surface area contributed by atoms with E-state index < -0.39 is 26.5 Å². The normalized spacial score (nSPS) is 14.0. The Kier molecular flexibility index (Phi) is 68.7. The van der Waals surface area contributed by atoms with Crippen molar-refractivity contribution in [3.63, 3.8) is 0 Å². The van der Waals surface area contributed by atoms with E-state index in [4.69, 9.17) is 24.3 Å². The molecule has 0 aromatic rings. The van der Waals surface area contributed by atoms with E-state index in [1.165, 1.54) is 103 Å². The highest BCUT2D eigenvalue weighted by Gasteiger charge is 2.26. The first-order chi connectivity index (χ1) is 43.8. The Bertz CT molecular complexity index is 2070. The van der Waals surface area contributed by atoms with Crippen molar-refractivity contribution in [3.05, 3.63) is 170 Å². The maximum Gasteiger partial charge on any atom is 0.472 e. The number of carbonyl (C=O) groups excluding carboxylic acids is 2. The van der Waals surface area contributed by atoms with Gasteiger partial charge in [0.25, 0.3) is 0 Å². The monoisotopic (exact) mass is 1250 g/mol. The molecule has 0 aliphatic carbocycles. The van der Waals surface area contributed by atoms with E-state index in [-0.39, 0.29) is 38.6 Å². The molecule has 0 bridgehead atoms. The minimum atomic E-state index is -4.41. The van der Waals surface area contributed by atoms with Crippen LogP contribution in [0.1, 0.15) is 284 Å². The van der Waals surface area contributed by atoms with Gasteiger partial charge >= 0.3 is 19.8 Å². The van der Waals surface area contributed by atoms with E-state index in [9.17, 15) is 19.0 Å². The zero-order chi connectivity index (χ0) is 64.4. The third-order valence-corrected chi connectivity index (χ3v) is 15.6. The van der Waals surface area contributed by atoms with Crippen LogP contribution in [-0.2, 0) is 32.7 Å². The highest BCUT2D eigenvalue weighted by molar-refractivity contribution is 7.47. The number of hydrogen-bond acceptors (Lipinski definition) is 8. The number of unbranched alkanes of at least 4 members (excludes halogenated alkanes) is 24. The molecular formula is C79H130NO8P. The van der Waals surface area contributed by atoms with Gasteiger partial charge in [-0.3, -0.25) is 18.6 Å². The standard InChI is InChI=1S/C79H130NO8P/c1-3-5-7-9-11-13-15-17-19-21-23-25-27-29-31-33-35-36-37-38-39-40-42-43-45-47-49-51-53-55-57-59-61-63-65-67-69-71-78(81)85-75-77(76-87-89(83,84)86-74-73-80)88-79(82)72-70-68-66-64-62-60-58-56-54-52-50-48-46-44-41-34-32-30-28-26-24-22-20-18-16-14-12-10-8-6-4-2/h5-8,11-14,17-20,23-26,29-32,35-36,41,44,48,50,54,56,77H,3-4,9-10,15-16,21-22,27-28,33-34,37-40,42-43,45-47,49,51-53,55,57-76,80H2,1-2H3,(H,83,84)/b7-5-,8-6-,13-11-,14-12-,19-17-,20-18-,25-23-,26-24-,31-29-,32-30-,36-35-,44-41-,50-48-,56-54-. The van der Waals surface area contributed by atoms with Gasteiger partial charge in [0.1, 0.15) is 6.61 Å². The minimum absolute atomic E-state index is 0.0434. The zero-order valence-corrected chi connectivity index (χ0v) is 57.5. The molecule has 0 saturated carbocycles. The Labute approximate surface area is 546 Å². The highest BCUT2D eigenvalue weighted by Crippen LogP contribution is 2.43. The molecule has 0 fully saturated rings. The molecule has 0 amide bonds. The molecular weight excluding hydrogens is 1120 g/mol. The van der Waals surface area contributed by atoms with Crippen LogP contribution < -0.4 is 5.73 Å². The quantitative estimate of drug-likeness (QED) is 0.0264. The van der Waals surface area contributed by atoms with Crippen LogP contribution in [0.15, 0.2) is 170 Å². The molecule has 0 saturated heterocycles. The summed E-state index contributed by atoms with van der Waals surface area (Å²) in [4.78, 5) is 35.4. The second-order valence-electron chi connectivity index (χ2n) is 23.0. The van der Waals surface area contributed by atoms with Gasteiger partial charge < -0.3 is 20.1 Å². The third-order valence-electron chi connectivity index (χ3n) is 14.6. The molecule has 2 atom stereocenters. The summed E-state index contributed by atoms with van der Waals surface area (Å²) in [7, 11) is -4.41. The molecule has 3 N–H and O–H groups in total. The first-order valence-electron chi connectivity index (χ1n) is 35.6. The van der Waals surface area contributed by atoms with Gasteiger partial charge in [-0.1, -0.05) is 312 Å². The summed E-state index contributed by atoms with van der Waals surface area (Å²) < 4.78 is 33.2. The molecule has 9 nitrogen and oxygen atoms in total. The summed E-state index contributed by atoms with van der Waals surface area (Å²) in [6, 6.07) is 0. The molecule has 0 spiro atoms. The van der Waals surface area contributed by atoms with E-state index in [0.717, 1.165) is 148 Å². The number of carbonyl (C=O) groups is 2. The van der Waals surface area contributed by atoms with Gasteiger partial charge in [-0.05, 0) is 128 Å². The van der Waals surface area contributed by atoms with E-state index >= 15 is 0 Å². The van der Waals surface area contributed by atoms with Crippen LogP contribution in [0.4, 0.5) is 0 Å². The fourth-order valence-electron chi connectivity index (χ4n) is 9.42. The largest absolute Gasteiger partial charge is 0.472 e. The Hall–Kier alpha value is -4.63. The Balaban J connectivity index is 3.94. The van der Waals surface area contributed by atoms with Crippen molar-refractivity contribution < 1.29 is 37.6 Å². The average Bonchev–Trinajstić information content (AvgIpc) is 3.68. The van der Waals surface area contributed by atoms with Crippen molar-refractivity contribution in [1.29, 1.82) is 0 Å². The predicted octanol–water partition coefficient (Wildman–Crippen LogP) is 23.7. The molecule has 0 radical (unpaired) electrons. The molecule has 10 heteroatoms. The number of rotatable bonds is 65. The Morgan fingerprint density at radius 3 is 0.865 bits per heavy atom. The summed E-state index contributed by atoms with van der Waals surface area (Å²) in [6.07, 6.45) is 107. The molecule has 0 aliphatic heterocycles. The van der Waals surface area contributed by atoms with Gasteiger partial charge in [0.2, 0.25) is 0 Å². The van der Waals surface area contributed by atoms with Crippen LogP contribution in [0.3, 0.4) is 0 Å². The van der Waals surface area contributed by atoms with E-state index in [2.05, 4.69) is 184 Å². The number of allylic oxidation sites excluding steroid dienone is 28. The molecule has 0 rings (SSSR count). The van der Waals surface area contributed by atoms with Crippen LogP contribution in [0.5, 0.6) is 0 Å². The lowest BCUT2D eigenvalue weighted by Crippen LogP contribution is -2.29. The molecule has 0 aliphatic rings. The van der Waals surface area contributed by atoms with Crippen molar-refractivity contribution in [2.45, 2.75) is 290 Å². The van der Waals surface area contributed by atoms with Crippen LogP contribution in [-0.4, -0.2) is 49.3 Å². The minimum Gasteiger partial charge on any atom is -0.462 e. The van der Waals surface area contributed by atoms with Gasteiger partial charge in [-0.2, -0.15) is 0 Å². The lowest BCUT2D eigenvalue weighted by atomic mass is 10.0. The van der Waals surface area contributed by atoms with Crippen LogP contribution in [0.25, 0.3) is 0 Å². The van der Waals surface area contributed by atoms with E-state index in [0.29, 0.717) is 6.42 Å². The predicted molar refractivity (Wildman–Crippen MR) is 385 cm³/mol. The smallest absolute Gasteiger partial charge is 0.462 e. The fraction of sp³-hybridized carbons (Fsp3) is 0.620. The number of phosphoric ester groups is 1. The van der Waals surface area contributed by atoms with Gasteiger partial charge in [0, 0.05) is 19.4 Å². The topological polar surface area (TPSA) is 134 Å². The Morgan fingerprint density at radius 2 is 0.584 bits per heavy atom. The number of nitrogens with two attached hydrogens (primary N) is 1. The SMILES string of the molecule is CC/C=C\C/C=C\C/C=C\C/C=C\C/C=C\C/C=C\C/C=C\C/C=C\CCCCCCCCC(=O)OC(COC(=O)CCCCCCCCCCCCCCCCCCCC/C=C\C/C=C\C/C=C\C/C=C\C/C=C\C/C=C\CC)COP(=O)(O)OCCN. The molecule has 0 heterocycles. The second-order valence-corrected chi connectivity index (χ2v) is 24.4. The van der Waals surface area contributed by atoms with Crippen LogP contribution in [0.2, 0.25) is 0 Å². The molecule has 504 valence electrons. The maximum atomic E-state index is 12.8. The van der Waals surface area contributed by atoms with Gasteiger partial charge in [-0.15, -0.1) is 0 Å². The number of phosphoric acid groups is 1. The molecule has 0 aromatic carbocycles.